The molecular weight excluding hydrogens is 428 g/mol. The first kappa shape index (κ1) is 26.4. The van der Waals surface area contributed by atoms with E-state index in [4.69, 9.17) is 5.73 Å². The van der Waals surface area contributed by atoms with Crippen molar-refractivity contribution in [3.63, 3.8) is 0 Å². The zero-order chi connectivity index (χ0) is 23.7. The number of aliphatic hydroxyl groups excluding tert-OH is 1. The summed E-state index contributed by atoms with van der Waals surface area (Å²) >= 11 is 4.06. The van der Waals surface area contributed by atoms with E-state index >= 15 is 0 Å². The van der Waals surface area contributed by atoms with Crippen molar-refractivity contribution in [3.8, 4) is 0 Å². The minimum absolute atomic E-state index is 0.0315. The molecule has 3 amide bonds. The Bertz CT molecular complexity index is 757. The molecule has 174 valence electrons. The number of carbonyl (C=O) groups excluding carboxylic acids is 3. The Morgan fingerprint density at radius 1 is 1.10 bits per heavy atom. The predicted octanol–water partition coefficient (Wildman–Crippen LogP) is -2.21. The Morgan fingerprint density at radius 2 is 1.71 bits per heavy atom. The molecule has 1 aromatic rings. The predicted molar refractivity (Wildman–Crippen MR) is 114 cm³/mol. The lowest BCUT2D eigenvalue weighted by molar-refractivity contribution is -0.142. The number of rotatable bonds is 12. The van der Waals surface area contributed by atoms with E-state index in [0.717, 1.165) is 0 Å². The summed E-state index contributed by atoms with van der Waals surface area (Å²) in [5, 5.41) is 26.1. The minimum Gasteiger partial charge on any atom is -0.480 e. The fourth-order valence-electron chi connectivity index (χ4n) is 2.55. The van der Waals surface area contributed by atoms with E-state index in [-0.39, 0.29) is 18.1 Å². The monoisotopic (exact) mass is 458 g/mol. The number of H-pyrrole nitrogens is 1. The standard InChI is InChI=1S/C18H30N6O6S/c1-8(2)14(24-16(27)13(19)9(3)25)17(28)23-12(6-31)15(26)22-11(18(29)30)4-10-5-20-7-21-10/h5,7-9,11-14,25,31H,4,6,19H2,1-3H3,(H,20,21)(H,22,26)(H,23,28)(H,24,27)(H,29,30). The van der Waals surface area contributed by atoms with Gasteiger partial charge in [-0.05, 0) is 12.8 Å². The molecule has 31 heavy (non-hydrogen) atoms. The van der Waals surface area contributed by atoms with Crippen molar-refractivity contribution in [1.29, 1.82) is 0 Å². The Morgan fingerprint density at radius 3 is 2.16 bits per heavy atom. The second-order valence-corrected chi connectivity index (χ2v) is 7.79. The van der Waals surface area contributed by atoms with Gasteiger partial charge >= 0.3 is 5.97 Å². The van der Waals surface area contributed by atoms with Gasteiger partial charge in [-0.1, -0.05) is 13.8 Å². The molecule has 0 fully saturated rings. The first-order valence-electron chi connectivity index (χ1n) is 9.63. The van der Waals surface area contributed by atoms with Gasteiger partial charge in [-0.15, -0.1) is 0 Å². The van der Waals surface area contributed by atoms with Crippen molar-refractivity contribution in [2.24, 2.45) is 11.7 Å². The number of imidazole rings is 1. The molecule has 0 aromatic carbocycles. The number of carbonyl (C=O) groups is 4. The van der Waals surface area contributed by atoms with Crippen LogP contribution in [0.4, 0.5) is 0 Å². The topological polar surface area (TPSA) is 200 Å². The zero-order valence-corrected chi connectivity index (χ0v) is 18.4. The summed E-state index contributed by atoms with van der Waals surface area (Å²) in [6, 6.07) is -4.66. The summed E-state index contributed by atoms with van der Waals surface area (Å²) in [6.45, 7) is 4.70. The molecule has 1 aromatic heterocycles. The summed E-state index contributed by atoms with van der Waals surface area (Å²) in [6.07, 6.45) is 1.68. The maximum Gasteiger partial charge on any atom is 0.326 e. The van der Waals surface area contributed by atoms with Crippen LogP contribution in [0.2, 0.25) is 0 Å². The number of nitrogens with zero attached hydrogens (tertiary/aromatic N) is 1. The number of aliphatic carboxylic acids is 1. The third kappa shape index (κ3) is 8.19. The van der Waals surface area contributed by atoms with Crippen LogP contribution in [0.3, 0.4) is 0 Å². The number of aromatic nitrogens is 2. The van der Waals surface area contributed by atoms with Crippen molar-refractivity contribution in [1.82, 2.24) is 25.9 Å². The van der Waals surface area contributed by atoms with Crippen LogP contribution in [0.1, 0.15) is 26.5 Å². The smallest absolute Gasteiger partial charge is 0.326 e. The summed E-state index contributed by atoms with van der Waals surface area (Å²) in [7, 11) is 0. The molecule has 8 N–H and O–H groups in total. The molecule has 0 aliphatic heterocycles. The lowest BCUT2D eigenvalue weighted by Gasteiger charge is -2.26. The van der Waals surface area contributed by atoms with Gasteiger partial charge in [0.25, 0.3) is 0 Å². The van der Waals surface area contributed by atoms with Crippen LogP contribution in [-0.2, 0) is 25.6 Å². The van der Waals surface area contributed by atoms with E-state index in [1.165, 1.54) is 19.4 Å². The number of hydrogen-bond acceptors (Lipinski definition) is 8. The largest absolute Gasteiger partial charge is 0.480 e. The number of nitrogens with one attached hydrogen (secondary N) is 4. The van der Waals surface area contributed by atoms with E-state index < -0.39 is 54.0 Å². The Labute approximate surface area is 185 Å². The number of nitrogens with two attached hydrogens (primary N) is 1. The van der Waals surface area contributed by atoms with E-state index in [1.807, 2.05) is 0 Å². The lowest BCUT2D eigenvalue weighted by atomic mass is 10.0. The third-order valence-corrected chi connectivity index (χ3v) is 4.84. The number of hydrogen-bond donors (Lipinski definition) is 8. The fraction of sp³-hybridized carbons (Fsp3) is 0.611. The van der Waals surface area contributed by atoms with Gasteiger partial charge in [-0.3, -0.25) is 14.4 Å². The molecule has 12 nitrogen and oxygen atoms in total. The van der Waals surface area contributed by atoms with Crippen LogP contribution in [0, 0.1) is 5.92 Å². The average molecular weight is 459 g/mol. The average Bonchev–Trinajstić information content (AvgIpc) is 3.21. The highest BCUT2D eigenvalue weighted by atomic mass is 32.1. The molecule has 0 aliphatic carbocycles. The summed E-state index contributed by atoms with van der Waals surface area (Å²) in [5.41, 5.74) is 6.10. The summed E-state index contributed by atoms with van der Waals surface area (Å²) < 4.78 is 0. The normalized spacial score (nSPS) is 16.0. The Kier molecular flexibility index (Phi) is 10.4. The first-order chi connectivity index (χ1) is 14.5. The zero-order valence-electron chi connectivity index (χ0n) is 17.5. The van der Waals surface area contributed by atoms with Gasteiger partial charge < -0.3 is 36.9 Å². The molecule has 0 bridgehead atoms. The quantitative estimate of drug-likeness (QED) is 0.161. The van der Waals surface area contributed by atoms with Crippen molar-refractivity contribution in [2.45, 2.75) is 57.5 Å². The number of carboxylic acid groups (broad SMARTS) is 1. The number of amides is 3. The molecule has 0 spiro atoms. The van der Waals surface area contributed by atoms with Gasteiger partial charge in [0.15, 0.2) is 0 Å². The van der Waals surface area contributed by atoms with Crippen LogP contribution < -0.4 is 21.7 Å². The van der Waals surface area contributed by atoms with Crippen molar-refractivity contribution in [2.75, 3.05) is 5.75 Å². The summed E-state index contributed by atoms with van der Waals surface area (Å²) in [4.78, 5) is 55.4. The SMILES string of the molecule is CC(C)C(NC(=O)C(N)C(C)O)C(=O)NC(CS)C(=O)NC(Cc1cnc[nH]1)C(=O)O. The highest BCUT2D eigenvalue weighted by Gasteiger charge is 2.32. The molecule has 1 rings (SSSR count). The van der Waals surface area contributed by atoms with Crippen LogP contribution in [0.15, 0.2) is 12.5 Å². The van der Waals surface area contributed by atoms with Crippen molar-refractivity contribution in [3.05, 3.63) is 18.2 Å². The van der Waals surface area contributed by atoms with Gasteiger partial charge in [-0.2, -0.15) is 12.6 Å². The number of aliphatic hydroxyl groups is 1. The number of aromatic amines is 1. The molecular formula is C18H30N6O6S. The minimum atomic E-state index is -1.26. The maximum absolute atomic E-state index is 12.7. The van der Waals surface area contributed by atoms with Gasteiger partial charge in [0.2, 0.25) is 17.7 Å². The van der Waals surface area contributed by atoms with Crippen molar-refractivity contribution < 1.29 is 29.4 Å². The first-order valence-corrected chi connectivity index (χ1v) is 10.3. The molecule has 0 saturated carbocycles. The van der Waals surface area contributed by atoms with Gasteiger partial charge in [0.05, 0.1) is 12.4 Å². The molecule has 0 radical (unpaired) electrons. The Balaban J connectivity index is 2.82. The van der Waals surface area contributed by atoms with Gasteiger partial charge in [-0.25, -0.2) is 9.78 Å². The van der Waals surface area contributed by atoms with Crippen molar-refractivity contribution >= 4 is 36.3 Å². The molecule has 1 heterocycles. The van der Waals surface area contributed by atoms with Crippen LogP contribution in [0.25, 0.3) is 0 Å². The third-order valence-electron chi connectivity index (χ3n) is 4.48. The summed E-state index contributed by atoms with van der Waals surface area (Å²) in [5.74, 6) is -3.87. The number of thiol groups is 1. The maximum atomic E-state index is 12.7. The van der Waals surface area contributed by atoms with Gasteiger partial charge in [0.1, 0.15) is 24.2 Å². The fourth-order valence-corrected chi connectivity index (χ4v) is 2.80. The second-order valence-electron chi connectivity index (χ2n) is 7.42. The Hall–Kier alpha value is -2.64. The second kappa shape index (κ2) is 12.3. The van der Waals surface area contributed by atoms with E-state index in [0.29, 0.717) is 5.69 Å². The lowest BCUT2D eigenvalue weighted by Crippen LogP contribution is -2.59. The molecule has 0 aliphatic rings. The van der Waals surface area contributed by atoms with Crippen LogP contribution in [0.5, 0.6) is 0 Å². The number of carboxylic acids is 1. The van der Waals surface area contributed by atoms with Crippen LogP contribution in [-0.4, -0.2) is 79.9 Å². The molecule has 5 unspecified atom stereocenters. The molecule has 13 heteroatoms. The molecule has 0 saturated heterocycles. The highest BCUT2D eigenvalue weighted by Crippen LogP contribution is 2.05. The highest BCUT2D eigenvalue weighted by molar-refractivity contribution is 7.80. The molecule has 5 atom stereocenters. The van der Waals surface area contributed by atoms with E-state index in [2.05, 4.69) is 38.5 Å². The van der Waals surface area contributed by atoms with E-state index in [9.17, 15) is 29.4 Å². The van der Waals surface area contributed by atoms with Crippen LogP contribution >= 0.6 is 12.6 Å². The van der Waals surface area contributed by atoms with Gasteiger partial charge in [0, 0.05) is 24.1 Å². The van der Waals surface area contributed by atoms with E-state index in [1.54, 1.807) is 13.8 Å².